The lowest BCUT2D eigenvalue weighted by Crippen LogP contribution is -2.47. The highest BCUT2D eigenvalue weighted by Gasteiger charge is 2.28. The van der Waals surface area contributed by atoms with Crippen LogP contribution in [0.15, 0.2) is 27.8 Å². The highest BCUT2D eigenvalue weighted by Crippen LogP contribution is 2.24. The highest BCUT2D eigenvalue weighted by atomic mass is 127. The summed E-state index contributed by atoms with van der Waals surface area (Å²) in [4.78, 5) is 21.0. The van der Waals surface area contributed by atoms with Crippen molar-refractivity contribution in [2.24, 2.45) is 10.9 Å². The third-order valence-electron chi connectivity index (χ3n) is 4.74. The number of hydrogen-bond donors (Lipinski definition) is 4. The lowest BCUT2D eigenvalue weighted by atomic mass is 9.85. The van der Waals surface area contributed by atoms with E-state index in [4.69, 9.17) is 4.42 Å². The average molecular weight is 515 g/mol. The molecule has 0 aromatic carbocycles. The van der Waals surface area contributed by atoms with Crippen LogP contribution >= 0.6 is 24.0 Å². The second-order valence-corrected chi connectivity index (χ2v) is 7.38. The predicted molar refractivity (Wildman–Crippen MR) is 122 cm³/mol. The Morgan fingerprint density at radius 3 is 2.93 bits per heavy atom. The SMILES string of the molecule is CN=C(NCc1nc(-c2ccco2)n[nH]1)NC1CCCC(C(=O)NC(C)C)C1.I. The molecule has 4 N–H and O–H groups in total. The largest absolute Gasteiger partial charge is 0.461 e. The number of carbonyl (C=O) groups excluding carboxylic acids is 1. The summed E-state index contributed by atoms with van der Waals surface area (Å²) in [6.07, 6.45) is 5.39. The number of furan rings is 1. The van der Waals surface area contributed by atoms with Crippen molar-refractivity contribution in [2.75, 3.05) is 7.05 Å². The lowest BCUT2D eigenvalue weighted by Gasteiger charge is -2.30. The third kappa shape index (κ3) is 6.72. The van der Waals surface area contributed by atoms with Gasteiger partial charge >= 0.3 is 0 Å². The molecule has 1 aliphatic rings. The van der Waals surface area contributed by atoms with Crippen LogP contribution in [0.3, 0.4) is 0 Å². The minimum absolute atomic E-state index is 0. The Morgan fingerprint density at radius 1 is 1.41 bits per heavy atom. The number of aromatic nitrogens is 3. The summed E-state index contributed by atoms with van der Waals surface area (Å²) in [5, 5.41) is 16.7. The maximum absolute atomic E-state index is 12.3. The number of nitrogens with one attached hydrogen (secondary N) is 4. The number of rotatable bonds is 6. The Labute approximate surface area is 187 Å². The summed E-state index contributed by atoms with van der Waals surface area (Å²) in [6.45, 7) is 4.43. The van der Waals surface area contributed by atoms with E-state index in [1.807, 2.05) is 19.9 Å². The second-order valence-electron chi connectivity index (χ2n) is 7.38. The number of aliphatic imine (C=N–C) groups is 1. The molecule has 29 heavy (non-hydrogen) atoms. The van der Waals surface area contributed by atoms with Crippen molar-refractivity contribution in [1.82, 2.24) is 31.1 Å². The van der Waals surface area contributed by atoms with Gasteiger partial charge in [-0.05, 0) is 45.2 Å². The van der Waals surface area contributed by atoms with Crippen LogP contribution in [-0.2, 0) is 11.3 Å². The summed E-state index contributed by atoms with van der Waals surface area (Å²) in [7, 11) is 1.73. The maximum Gasteiger partial charge on any atom is 0.223 e. The molecule has 1 fully saturated rings. The maximum atomic E-state index is 12.3. The van der Waals surface area contributed by atoms with Crippen molar-refractivity contribution >= 4 is 35.8 Å². The molecule has 9 nitrogen and oxygen atoms in total. The number of aromatic amines is 1. The summed E-state index contributed by atoms with van der Waals surface area (Å²) in [5.74, 6) is 2.72. The van der Waals surface area contributed by atoms with Gasteiger partial charge in [-0.25, -0.2) is 4.98 Å². The number of halogens is 1. The first-order valence-electron chi connectivity index (χ1n) is 9.78. The molecule has 1 saturated carbocycles. The predicted octanol–water partition coefficient (Wildman–Crippen LogP) is 2.43. The zero-order valence-corrected chi connectivity index (χ0v) is 19.4. The van der Waals surface area contributed by atoms with Crippen LogP contribution in [-0.4, -0.2) is 46.2 Å². The van der Waals surface area contributed by atoms with Crippen molar-refractivity contribution in [3.05, 3.63) is 24.2 Å². The molecule has 0 radical (unpaired) electrons. The fourth-order valence-electron chi connectivity index (χ4n) is 3.41. The third-order valence-corrected chi connectivity index (χ3v) is 4.74. The van der Waals surface area contributed by atoms with Gasteiger partial charge in [0.25, 0.3) is 0 Å². The lowest BCUT2D eigenvalue weighted by molar-refractivity contribution is -0.126. The van der Waals surface area contributed by atoms with E-state index in [1.165, 1.54) is 0 Å². The number of hydrogen-bond acceptors (Lipinski definition) is 5. The molecule has 1 amide bonds. The Kier molecular flexibility index (Phi) is 8.93. The first-order chi connectivity index (χ1) is 13.5. The molecule has 2 heterocycles. The van der Waals surface area contributed by atoms with Crippen LogP contribution in [0.4, 0.5) is 0 Å². The smallest absolute Gasteiger partial charge is 0.223 e. The van der Waals surface area contributed by atoms with Gasteiger partial charge in [0, 0.05) is 25.0 Å². The standard InChI is InChI=1S/C19H29N7O2.HI/c1-12(2)22-18(27)13-6-4-7-14(10-13)23-19(20-3)21-11-16-24-17(26-25-16)15-8-5-9-28-15;/h5,8-9,12-14H,4,6-7,10-11H2,1-3H3,(H,22,27)(H2,20,21,23)(H,24,25,26);1H. The van der Waals surface area contributed by atoms with Gasteiger partial charge in [-0.15, -0.1) is 29.1 Å². The van der Waals surface area contributed by atoms with Gasteiger partial charge in [0.1, 0.15) is 5.82 Å². The quantitative estimate of drug-likeness (QED) is 0.267. The molecular formula is C19H30IN7O2. The van der Waals surface area contributed by atoms with E-state index in [1.54, 1.807) is 19.4 Å². The van der Waals surface area contributed by atoms with Crippen LogP contribution in [0.5, 0.6) is 0 Å². The number of H-pyrrole nitrogens is 1. The van der Waals surface area contributed by atoms with E-state index in [-0.39, 0.29) is 47.9 Å². The molecule has 1 aliphatic carbocycles. The minimum atomic E-state index is 0. The van der Waals surface area contributed by atoms with Crippen molar-refractivity contribution in [3.8, 4) is 11.6 Å². The molecular weight excluding hydrogens is 485 g/mol. The van der Waals surface area contributed by atoms with Crippen LogP contribution in [0.1, 0.15) is 45.4 Å². The Balaban J connectivity index is 0.00000300. The molecule has 2 unspecified atom stereocenters. The highest BCUT2D eigenvalue weighted by molar-refractivity contribution is 14.0. The van der Waals surface area contributed by atoms with Crippen LogP contribution < -0.4 is 16.0 Å². The molecule has 0 spiro atoms. The number of nitrogens with zero attached hydrogens (tertiary/aromatic N) is 3. The van der Waals surface area contributed by atoms with Gasteiger partial charge in [-0.2, -0.15) is 0 Å². The fraction of sp³-hybridized carbons (Fsp3) is 0.579. The van der Waals surface area contributed by atoms with Crippen LogP contribution in [0.2, 0.25) is 0 Å². The van der Waals surface area contributed by atoms with Gasteiger partial charge in [0.05, 0.1) is 12.8 Å². The Morgan fingerprint density at radius 2 is 2.24 bits per heavy atom. The summed E-state index contributed by atoms with van der Waals surface area (Å²) in [5.41, 5.74) is 0. The first kappa shape index (κ1) is 23.2. The molecule has 2 aromatic heterocycles. The van der Waals surface area contributed by atoms with Gasteiger partial charge in [0.2, 0.25) is 11.7 Å². The van der Waals surface area contributed by atoms with E-state index < -0.39 is 0 Å². The van der Waals surface area contributed by atoms with E-state index >= 15 is 0 Å². The molecule has 0 saturated heterocycles. The van der Waals surface area contributed by atoms with E-state index in [9.17, 15) is 4.79 Å². The Hall–Kier alpha value is -2.11. The van der Waals surface area contributed by atoms with Gasteiger partial charge in [-0.3, -0.25) is 14.9 Å². The molecule has 0 bridgehead atoms. The number of guanidine groups is 1. The number of carbonyl (C=O) groups is 1. The molecule has 3 rings (SSSR count). The Bertz CT molecular complexity index is 788. The monoisotopic (exact) mass is 515 g/mol. The fourth-order valence-corrected chi connectivity index (χ4v) is 3.41. The molecule has 2 atom stereocenters. The summed E-state index contributed by atoms with van der Waals surface area (Å²) in [6, 6.07) is 4.00. The summed E-state index contributed by atoms with van der Waals surface area (Å²) < 4.78 is 5.30. The van der Waals surface area contributed by atoms with Gasteiger partial charge in [0.15, 0.2) is 11.7 Å². The molecule has 2 aromatic rings. The first-order valence-corrected chi connectivity index (χ1v) is 9.78. The van der Waals surface area contributed by atoms with Crippen molar-refractivity contribution in [1.29, 1.82) is 0 Å². The van der Waals surface area contributed by atoms with E-state index in [0.29, 0.717) is 29.9 Å². The zero-order chi connectivity index (χ0) is 19.9. The molecule has 0 aliphatic heterocycles. The number of amides is 1. The molecule has 160 valence electrons. The topological polar surface area (TPSA) is 120 Å². The zero-order valence-electron chi connectivity index (χ0n) is 17.1. The minimum Gasteiger partial charge on any atom is -0.461 e. The van der Waals surface area contributed by atoms with Gasteiger partial charge < -0.3 is 20.4 Å². The summed E-state index contributed by atoms with van der Waals surface area (Å²) >= 11 is 0. The van der Waals surface area contributed by atoms with E-state index in [2.05, 4.69) is 36.1 Å². The van der Waals surface area contributed by atoms with Crippen LogP contribution in [0.25, 0.3) is 11.6 Å². The normalized spacial score (nSPS) is 19.5. The van der Waals surface area contributed by atoms with Gasteiger partial charge in [-0.1, -0.05) is 6.42 Å². The van der Waals surface area contributed by atoms with Crippen molar-refractivity contribution < 1.29 is 9.21 Å². The second kappa shape index (κ2) is 11.2. The van der Waals surface area contributed by atoms with E-state index in [0.717, 1.165) is 25.7 Å². The van der Waals surface area contributed by atoms with Crippen molar-refractivity contribution in [2.45, 2.75) is 58.2 Å². The average Bonchev–Trinajstić information content (AvgIpc) is 3.36. The molecule has 10 heteroatoms. The van der Waals surface area contributed by atoms with Crippen molar-refractivity contribution in [3.63, 3.8) is 0 Å². The van der Waals surface area contributed by atoms with Crippen LogP contribution in [0, 0.1) is 5.92 Å².